The van der Waals surface area contributed by atoms with Crippen LogP contribution in [0.1, 0.15) is 39.5 Å². The Bertz CT molecular complexity index is 227. The van der Waals surface area contributed by atoms with Gasteiger partial charge in [0.15, 0.2) is 0 Å². The number of rotatable bonds is 4. The highest BCUT2D eigenvalue weighted by Crippen LogP contribution is 2.28. The second-order valence-corrected chi connectivity index (χ2v) is 4.28. The molecule has 2 nitrogen and oxygen atoms in total. The van der Waals surface area contributed by atoms with E-state index < -0.39 is 0 Å². The average Bonchev–Trinajstić information content (AvgIpc) is 2.29. The van der Waals surface area contributed by atoms with Gasteiger partial charge in [0.05, 0.1) is 6.07 Å². The number of hydrogen-bond donors (Lipinski definition) is 0. The minimum Gasteiger partial charge on any atom is -0.301 e. The molecule has 0 unspecified atom stereocenters. The molecule has 0 saturated heterocycles. The summed E-state index contributed by atoms with van der Waals surface area (Å²) >= 11 is 0. The third kappa shape index (κ3) is 3.68. The number of nitriles is 1. The Hall–Kier alpha value is -0.810. The first-order valence-corrected chi connectivity index (χ1v) is 6.12. The van der Waals surface area contributed by atoms with E-state index in [9.17, 15) is 0 Å². The molecule has 0 atom stereocenters. The van der Waals surface area contributed by atoms with Crippen molar-refractivity contribution >= 4 is 0 Å². The van der Waals surface area contributed by atoms with E-state index in [1.54, 1.807) is 6.08 Å². The lowest BCUT2D eigenvalue weighted by Crippen LogP contribution is -2.37. The molecule has 15 heavy (non-hydrogen) atoms. The molecule has 0 N–H and O–H groups in total. The van der Waals surface area contributed by atoms with Gasteiger partial charge < -0.3 is 4.90 Å². The maximum Gasteiger partial charge on any atom is 0.0908 e. The molecule has 1 rings (SSSR count). The van der Waals surface area contributed by atoms with Gasteiger partial charge in [-0.25, -0.2) is 0 Å². The fourth-order valence-electron chi connectivity index (χ4n) is 2.58. The van der Waals surface area contributed by atoms with Crippen molar-refractivity contribution in [2.75, 3.05) is 13.1 Å². The van der Waals surface area contributed by atoms with E-state index in [2.05, 4.69) is 30.9 Å². The van der Waals surface area contributed by atoms with E-state index in [0.717, 1.165) is 6.04 Å². The van der Waals surface area contributed by atoms with Gasteiger partial charge in [0.1, 0.15) is 0 Å². The molecule has 0 aromatic carbocycles. The first-order valence-electron chi connectivity index (χ1n) is 6.12. The summed E-state index contributed by atoms with van der Waals surface area (Å²) in [7, 11) is 0. The van der Waals surface area contributed by atoms with E-state index in [0.29, 0.717) is 5.92 Å². The second-order valence-electron chi connectivity index (χ2n) is 4.28. The SMILES string of the molecule is CCN(CC)C1CCC(/C=C/C#N)CC1. The lowest BCUT2D eigenvalue weighted by molar-refractivity contribution is 0.159. The smallest absolute Gasteiger partial charge is 0.0908 e. The second kappa shape index (κ2) is 6.63. The molecule has 0 bridgehead atoms. The Balaban J connectivity index is 2.35. The third-order valence-corrected chi connectivity index (χ3v) is 3.51. The Morgan fingerprint density at radius 3 is 2.27 bits per heavy atom. The Labute approximate surface area is 93.6 Å². The van der Waals surface area contributed by atoms with E-state index >= 15 is 0 Å². The molecule has 1 aliphatic rings. The first-order chi connectivity index (χ1) is 7.31. The predicted octanol–water partition coefficient (Wildman–Crippen LogP) is 2.97. The van der Waals surface area contributed by atoms with Gasteiger partial charge in [-0.15, -0.1) is 0 Å². The molecule has 0 aromatic heterocycles. The van der Waals surface area contributed by atoms with Gasteiger partial charge in [-0.1, -0.05) is 19.9 Å². The Morgan fingerprint density at radius 1 is 1.20 bits per heavy atom. The molecular formula is C13H22N2. The third-order valence-electron chi connectivity index (χ3n) is 3.51. The van der Waals surface area contributed by atoms with Crippen LogP contribution in [-0.2, 0) is 0 Å². The van der Waals surface area contributed by atoms with Crippen LogP contribution in [0.4, 0.5) is 0 Å². The van der Waals surface area contributed by atoms with Crippen molar-refractivity contribution in [3.8, 4) is 6.07 Å². The summed E-state index contributed by atoms with van der Waals surface area (Å²) in [6.07, 6.45) is 8.81. The molecule has 2 heteroatoms. The number of allylic oxidation sites excluding steroid dienone is 2. The number of nitrogens with zero attached hydrogens (tertiary/aromatic N) is 2. The van der Waals surface area contributed by atoms with Crippen LogP contribution < -0.4 is 0 Å². The molecule has 1 fully saturated rings. The highest BCUT2D eigenvalue weighted by molar-refractivity contribution is 5.04. The maximum atomic E-state index is 8.47. The minimum atomic E-state index is 0.650. The molecular weight excluding hydrogens is 184 g/mol. The lowest BCUT2D eigenvalue weighted by Gasteiger charge is -2.34. The van der Waals surface area contributed by atoms with Crippen LogP contribution in [0.5, 0.6) is 0 Å². The molecule has 0 aromatic rings. The van der Waals surface area contributed by atoms with Crippen LogP contribution in [0.2, 0.25) is 0 Å². The van der Waals surface area contributed by atoms with Crippen LogP contribution >= 0.6 is 0 Å². The van der Waals surface area contributed by atoms with Gasteiger partial charge in [-0.2, -0.15) is 5.26 Å². The summed E-state index contributed by atoms with van der Waals surface area (Å²) in [5.41, 5.74) is 0. The van der Waals surface area contributed by atoms with E-state index in [4.69, 9.17) is 5.26 Å². The molecule has 0 radical (unpaired) electrons. The molecule has 0 amide bonds. The fourth-order valence-corrected chi connectivity index (χ4v) is 2.58. The van der Waals surface area contributed by atoms with Gasteiger partial charge in [-0.3, -0.25) is 0 Å². The maximum absolute atomic E-state index is 8.47. The summed E-state index contributed by atoms with van der Waals surface area (Å²) in [6.45, 7) is 6.82. The molecule has 1 saturated carbocycles. The van der Waals surface area contributed by atoms with Crippen LogP contribution in [0.15, 0.2) is 12.2 Å². The Kier molecular flexibility index (Phi) is 5.42. The van der Waals surface area contributed by atoms with Crippen LogP contribution in [0.25, 0.3) is 0 Å². The van der Waals surface area contributed by atoms with Gasteiger partial charge in [0.25, 0.3) is 0 Å². The highest BCUT2D eigenvalue weighted by atomic mass is 15.1. The normalized spacial score (nSPS) is 27.1. The average molecular weight is 206 g/mol. The zero-order chi connectivity index (χ0) is 11.1. The van der Waals surface area contributed by atoms with Crippen molar-refractivity contribution in [1.82, 2.24) is 4.90 Å². The van der Waals surface area contributed by atoms with Crippen LogP contribution in [-0.4, -0.2) is 24.0 Å². The van der Waals surface area contributed by atoms with Crippen molar-refractivity contribution in [2.45, 2.75) is 45.6 Å². The van der Waals surface area contributed by atoms with Crippen molar-refractivity contribution in [1.29, 1.82) is 5.26 Å². The van der Waals surface area contributed by atoms with Gasteiger partial charge in [-0.05, 0) is 44.7 Å². The highest BCUT2D eigenvalue weighted by Gasteiger charge is 2.22. The molecule has 0 aliphatic heterocycles. The minimum absolute atomic E-state index is 0.650. The van der Waals surface area contributed by atoms with Gasteiger partial charge >= 0.3 is 0 Å². The topological polar surface area (TPSA) is 27.0 Å². The molecule has 84 valence electrons. The lowest BCUT2D eigenvalue weighted by atomic mass is 9.85. The van der Waals surface area contributed by atoms with E-state index in [-0.39, 0.29) is 0 Å². The van der Waals surface area contributed by atoms with Crippen molar-refractivity contribution in [2.24, 2.45) is 5.92 Å². The Morgan fingerprint density at radius 2 is 1.80 bits per heavy atom. The molecule has 0 heterocycles. The van der Waals surface area contributed by atoms with Crippen molar-refractivity contribution in [3.63, 3.8) is 0 Å². The molecule has 1 aliphatic carbocycles. The monoisotopic (exact) mass is 206 g/mol. The largest absolute Gasteiger partial charge is 0.301 e. The first kappa shape index (κ1) is 12.3. The summed E-state index contributed by atoms with van der Waals surface area (Å²) in [5, 5.41) is 8.47. The summed E-state index contributed by atoms with van der Waals surface area (Å²) < 4.78 is 0. The molecule has 0 spiro atoms. The van der Waals surface area contributed by atoms with Crippen molar-refractivity contribution in [3.05, 3.63) is 12.2 Å². The van der Waals surface area contributed by atoms with Crippen LogP contribution in [0, 0.1) is 17.2 Å². The summed E-state index contributed by atoms with van der Waals surface area (Å²) in [4.78, 5) is 2.56. The summed E-state index contributed by atoms with van der Waals surface area (Å²) in [6, 6.07) is 2.86. The van der Waals surface area contributed by atoms with Gasteiger partial charge in [0.2, 0.25) is 0 Å². The quantitative estimate of drug-likeness (QED) is 0.661. The predicted molar refractivity (Wildman–Crippen MR) is 63.4 cm³/mol. The fraction of sp³-hybridized carbons (Fsp3) is 0.769. The standard InChI is InChI=1S/C13H22N2/c1-3-15(4-2)13-9-7-12(8-10-13)6-5-11-14/h5-6,12-13H,3-4,7-10H2,1-2H3/b6-5+. The summed E-state index contributed by atoms with van der Waals surface area (Å²) in [5.74, 6) is 0.650. The van der Waals surface area contributed by atoms with Gasteiger partial charge in [0, 0.05) is 12.1 Å². The van der Waals surface area contributed by atoms with Crippen LogP contribution in [0.3, 0.4) is 0 Å². The van der Waals surface area contributed by atoms with Crippen molar-refractivity contribution < 1.29 is 0 Å². The zero-order valence-corrected chi connectivity index (χ0v) is 9.95. The number of hydrogen-bond acceptors (Lipinski definition) is 2. The van der Waals surface area contributed by atoms with E-state index in [1.165, 1.54) is 38.8 Å². The van der Waals surface area contributed by atoms with E-state index in [1.807, 2.05) is 0 Å². The zero-order valence-electron chi connectivity index (χ0n) is 9.95.